The third-order valence-corrected chi connectivity index (χ3v) is 2.00. The van der Waals surface area contributed by atoms with E-state index in [1.165, 1.54) is 0 Å². The summed E-state index contributed by atoms with van der Waals surface area (Å²) in [5.74, 6) is 3.03. The van der Waals surface area contributed by atoms with Crippen molar-refractivity contribution >= 4 is 11.7 Å². The summed E-state index contributed by atoms with van der Waals surface area (Å²) >= 11 is 0. The highest BCUT2D eigenvalue weighted by Crippen LogP contribution is 2.15. The number of nitrogens with one attached hydrogen (secondary N) is 2. The van der Waals surface area contributed by atoms with Gasteiger partial charge in [-0.3, -0.25) is 5.43 Å². The number of allylic oxidation sites excluding steroid dienone is 5. The molecule has 0 saturated heterocycles. The number of hydrazine groups is 1. The maximum absolute atomic E-state index is 5.09. The first kappa shape index (κ1) is 8.78. The van der Waals surface area contributed by atoms with E-state index < -0.39 is 0 Å². The summed E-state index contributed by atoms with van der Waals surface area (Å²) in [6.07, 6.45) is 8.15. The second kappa shape index (κ2) is 3.94. The topological polar surface area (TPSA) is 47.7 Å². The van der Waals surface area contributed by atoms with Gasteiger partial charge in [0.25, 0.3) is 6.61 Å². The fourth-order valence-electron chi connectivity index (χ4n) is 1.34. The van der Waals surface area contributed by atoms with Gasteiger partial charge in [0.2, 0.25) is 5.70 Å². The lowest BCUT2D eigenvalue weighted by Crippen LogP contribution is -2.22. The van der Waals surface area contributed by atoms with Gasteiger partial charge in [0.15, 0.2) is 0 Å². The van der Waals surface area contributed by atoms with Crippen molar-refractivity contribution in [1.29, 1.82) is 0 Å². The molecule has 4 heteroatoms. The van der Waals surface area contributed by atoms with Crippen LogP contribution in [0.2, 0.25) is 0 Å². The average molecular weight is 190 g/mol. The van der Waals surface area contributed by atoms with Gasteiger partial charge in [-0.2, -0.15) is 5.10 Å². The Balaban J connectivity index is 2.22. The van der Waals surface area contributed by atoms with Crippen molar-refractivity contribution < 1.29 is 4.42 Å². The standard InChI is InChI=1S/C10H12N3O/c1-2-14-7-9-10(12-13-11-9)8-5-3-4-6-8/h3-6,8,11,13H,2H2,1H3/q+1. The van der Waals surface area contributed by atoms with Crippen LogP contribution in [0.5, 0.6) is 0 Å². The normalized spacial score (nSPS) is 18.9. The van der Waals surface area contributed by atoms with Crippen LogP contribution in [0.4, 0.5) is 0 Å². The van der Waals surface area contributed by atoms with Crippen LogP contribution >= 0.6 is 0 Å². The zero-order chi connectivity index (χ0) is 9.80. The lowest BCUT2D eigenvalue weighted by atomic mass is 10.0. The fraction of sp³-hybridized carbons (Fsp3) is 0.300. The largest absolute Gasteiger partial charge is 0.374 e. The minimum absolute atomic E-state index is 0.223. The molecule has 72 valence electrons. The zero-order valence-corrected chi connectivity index (χ0v) is 7.95. The summed E-state index contributed by atoms with van der Waals surface area (Å²) in [4.78, 5) is 0. The molecular weight excluding hydrogens is 178 g/mol. The zero-order valence-electron chi connectivity index (χ0n) is 7.95. The molecule has 0 fully saturated rings. The summed E-state index contributed by atoms with van der Waals surface area (Å²) in [6, 6.07) is 0. The van der Waals surface area contributed by atoms with Gasteiger partial charge in [-0.1, -0.05) is 24.3 Å². The molecule has 14 heavy (non-hydrogen) atoms. The summed E-state index contributed by atoms with van der Waals surface area (Å²) in [6.45, 7) is 2.52. The molecule has 0 aromatic rings. The Labute approximate surface area is 82.4 Å². The number of hydrogen-bond donors (Lipinski definition) is 2. The first-order valence-corrected chi connectivity index (χ1v) is 4.60. The summed E-state index contributed by atoms with van der Waals surface area (Å²) in [7, 11) is 0. The van der Waals surface area contributed by atoms with Crippen LogP contribution in [0.15, 0.2) is 35.1 Å². The third-order valence-electron chi connectivity index (χ3n) is 2.00. The minimum Gasteiger partial charge on any atom is -0.268 e. The van der Waals surface area contributed by atoms with Gasteiger partial charge in [0.05, 0.1) is 0 Å². The van der Waals surface area contributed by atoms with Crippen molar-refractivity contribution in [3.05, 3.63) is 30.0 Å². The molecule has 0 bridgehead atoms. The van der Waals surface area contributed by atoms with Crippen LogP contribution in [0, 0.1) is 5.92 Å². The number of hydrazone groups is 1. The Kier molecular flexibility index (Phi) is 2.47. The highest BCUT2D eigenvalue weighted by molar-refractivity contribution is 6.09. The van der Waals surface area contributed by atoms with E-state index in [1.807, 2.05) is 19.1 Å². The van der Waals surface area contributed by atoms with Gasteiger partial charge < -0.3 is 0 Å². The number of hydrogen-bond acceptors (Lipinski definition) is 3. The van der Waals surface area contributed by atoms with E-state index in [0.29, 0.717) is 6.61 Å². The van der Waals surface area contributed by atoms with Crippen LogP contribution < -0.4 is 11.0 Å². The first-order valence-electron chi connectivity index (χ1n) is 4.60. The molecule has 0 spiro atoms. The molecule has 0 amide bonds. The molecule has 0 atom stereocenters. The van der Waals surface area contributed by atoms with E-state index in [1.54, 1.807) is 0 Å². The van der Waals surface area contributed by atoms with Crippen molar-refractivity contribution in [3.63, 3.8) is 0 Å². The predicted molar refractivity (Wildman–Crippen MR) is 55.2 cm³/mol. The van der Waals surface area contributed by atoms with E-state index in [-0.39, 0.29) is 5.92 Å². The smallest absolute Gasteiger partial charge is 0.268 e. The second-order valence-electron chi connectivity index (χ2n) is 2.94. The molecule has 2 rings (SSSR count). The molecule has 1 heterocycles. The SMILES string of the molecule is CC[O+]=C=C1NNN=C1C1C=CC=C1. The monoisotopic (exact) mass is 190 g/mol. The van der Waals surface area contributed by atoms with E-state index in [9.17, 15) is 0 Å². The molecule has 0 saturated carbocycles. The number of carbonyl (C=O) groups excluding carboxylic acids is 1. The lowest BCUT2D eigenvalue weighted by Gasteiger charge is -1.99. The van der Waals surface area contributed by atoms with Gasteiger partial charge in [0.1, 0.15) is 5.71 Å². The highest BCUT2D eigenvalue weighted by Gasteiger charge is 2.23. The molecule has 4 nitrogen and oxygen atoms in total. The van der Waals surface area contributed by atoms with Crippen LogP contribution in [0.3, 0.4) is 0 Å². The maximum atomic E-state index is 5.09. The second-order valence-corrected chi connectivity index (χ2v) is 2.94. The van der Waals surface area contributed by atoms with Gasteiger partial charge in [-0.05, 0) is 0 Å². The molecule has 1 aliphatic heterocycles. The fourth-order valence-corrected chi connectivity index (χ4v) is 1.34. The van der Waals surface area contributed by atoms with Crippen molar-refractivity contribution in [3.8, 4) is 0 Å². The van der Waals surface area contributed by atoms with E-state index in [0.717, 1.165) is 11.4 Å². The van der Waals surface area contributed by atoms with Crippen LogP contribution in [0.25, 0.3) is 0 Å². The molecule has 2 N–H and O–H groups in total. The Bertz CT molecular complexity index is 361. The molecule has 0 unspecified atom stereocenters. The molecule has 2 aliphatic rings. The first-order chi connectivity index (χ1) is 6.92. The Morgan fingerprint density at radius 2 is 2.29 bits per heavy atom. The lowest BCUT2D eigenvalue weighted by molar-refractivity contribution is 0.127. The van der Waals surface area contributed by atoms with Crippen molar-refractivity contribution in [1.82, 2.24) is 11.0 Å². The highest BCUT2D eigenvalue weighted by atomic mass is 16.4. The van der Waals surface area contributed by atoms with Crippen LogP contribution in [-0.2, 0) is 4.42 Å². The predicted octanol–water partition coefficient (Wildman–Crippen LogP) is 0.463. The van der Waals surface area contributed by atoms with Crippen molar-refractivity contribution in [2.24, 2.45) is 11.0 Å². The Morgan fingerprint density at radius 1 is 1.50 bits per heavy atom. The summed E-state index contributed by atoms with van der Waals surface area (Å²) in [5, 5.41) is 4.13. The van der Waals surface area contributed by atoms with Gasteiger partial charge in [0, 0.05) is 12.8 Å². The van der Waals surface area contributed by atoms with Crippen LogP contribution in [-0.4, -0.2) is 18.3 Å². The van der Waals surface area contributed by atoms with Gasteiger partial charge in [-0.15, -0.1) is 0 Å². The van der Waals surface area contributed by atoms with E-state index in [4.69, 9.17) is 4.42 Å². The van der Waals surface area contributed by atoms with E-state index >= 15 is 0 Å². The number of nitrogens with zero attached hydrogens (tertiary/aromatic N) is 1. The molecule has 0 aromatic heterocycles. The van der Waals surface area contributed by atoms with Gasteiger partial charge >= 0.3 is 5.94 Å². The Hall–Kier alpha value is -1.80. The quantitative estimate of drug-likeness (QED) is 0.491. The third kappa shape index (κ3) is 1.60. The van der Waals surface area contributed by atoms with Crippen LogP contribution in [0.1, 0.15) is 6.92 Å². The van der Waals surface area contributed by atoms with Crippen molar-refractivity contribution in [2.75, 3.05) is 6.61 Å². The molecule has 1 aliphatic carbocycles. The molecular formula is C10H12N3O+. The summed E-state index contributed by atoms with van der Waals surface area (Å²) in [5.41, 5.74) is 7.25. The van der Waals surface area contributed by atoms with Gasteiger partial charge in [-0.25, -0.2) is 9.96 Å². The summed E-state index contributed by atoms with van der Waals surface area (Å²) < 4.78 is 5.09. The molecule has 0 aromatic carbocycles. The number of rotatable bonds is 2. The molecule has 0 radical (unpaired) electrons. The van der Waals surface area contributed by atoms with E-state index in [2.05, 4.69) is 34.2 Å². The Morgan fingerprint density at radius 3 is 3.00 bits per heavy atom. The average Bonchev–Trinajstić information content (AvgIpc) is 2.84. The maximum Gasteiger partial charge on any atom is 0.374 e. The minimum atomic E-state index is 0.223. The van der Waals surface area contributed by atoms with Crippen molar-refractivity contribution in [2.45, 2.75) is 6.92 Å².